The minimum atomic E-state index is -0.509. The van der Waals surface area contributed by atoms with Crippen LogP contribution in [0.2, 0.25) is 0 Å². The second-order valence-corrected chi connectivity index (χ2v) is 8.83. The number of ether oxygens (including phenoxy) is 1. The highest BCUT2D eigenvalue weighted by atomic mass is 79.9. The lowest BCUT2D eigenvalue weighted by molar-refractivity contribution is -0.385. The summed E-state index contributed by atoms with van der Waals surface area (Å²) in [4.78, 5) is 29.1. The fourth-order valence-corrected chi connectivity index (χ4v) is 4.42. The maximum absolute atomic E-state index is 13.4. The first-order valence-electron chi connectivity index (χ1n) is 10.8. The van der Waals surface area contributed by atoms with E-state index in [1.807, 2.05) is 12.1 Å². The van der Waals surface area contributed by atoms with Crippen LogP contribution in [0.4, 0.5) is 5.69 Å². The number of halogens is 1. The van der Waals surface area contributed by atoms with E-state index in [2.05, 4.69) is 27.6 Å². The van der Waals surface area contributed by atoms with Crippen molar-refractivity contribution in [1.29, 1.82) is 0 Å². The molecule has 1 saturated carbocycles. The quantitative estimate of drug-likeness (QED) is 0.179. The van der Waals surface area contributed by atoms with Crippen molar-refractivity contribution in [3.8, 4) is 5.75 Å². The summed E-state index contributed by atoms with van der Waals surface area (Å²) in [5.41, 5.74) is 0.665. The van der Waals surface area contributed by atoms with Gasteiger partial charge in [0.05, 0.1) is 22.0 Å². The van der Waals surface area contributed by atoms with Gasteiger partial charge in [-0.05, 0) is 43.2 Å². The molecule has 8 nitrogen and oxygen atoms in total. The third-order valence-corrected chi connectivity index (χ3v) is 6.16. The molecule has 0 saturated heterocycles. The summed E-state index contributed by atoms with van der Waals surface area (Å²) in [6.07, 6.45) is 8.21. The van der Waals surface area contributed by atoms with Gasteiger partial charge in [-0.15, -0.1) is 0 Å². The lowest BCUT2D eigenvalue weighted by Crippen LogP contribution is -2.25. The lowest BCUT2D eigenvalue weighted by Gasteiger charge is -2.22. The predicted molar refractivity (Wildman–Crippen MR) is 131 cm³/mol. The Morgan fingerprint density at radius 3 is 2.76 bits per heavy atom. The normalized spacial score (nSPS) is 14.6. The molecule has 1 aliphatic carbocycles. The van der Waals surface area contributed by atoms with Gasteiger partial charge in [-0.25, -0.2) is 4.98 Å². The molecule has 0 N–H and O–H groups in total. The molecule has 0 radical (unpaired) electrons. The molecule has 0 unspecified atom stereocenters. The van der Waals surface area contributed by atoms with Gasteiger partial charge >= 0.3 is 5.69 Å². The monoisotopic (exact) mass is 510 g/mol. The number of nitrogens with zero attached hydrogens (tertiary/aromatic N) is 4. The zero-order valence-electron chi connectivity index (χ0n) is 17.9. The smallest absolute Gasteiger partial charge is 0.311 e. The lowest BCUT2D eigenvalue weighted by atomic mass is 9.88. The molecule has 0 bridgehead atoms. The van der Waals surface area contributed by atoms with Crippen LogP contribution in [-0.2, 0) is 0 Å². The summed E-state index contributed by atoms with van der Waals surface area (Å²) in [5, 5.41) is 16.4. The Morgan fingerprint density at radius 1 is 1.24 bits per heavy atom. The van der Waals surface area contributed by atoms with Crippen molar-refractivity contribution in [3.63, 3.8) is 0 Å². The molecule has 0 spiro atoms. The van der Waals surface area contributed by atoms with Crippen LogP contribution in [0.5, 0.6) is 5.75 Å². The predicted octanol–water partition coefficient (Wildman–Crippen LogP) is 5.56. The molecule has 3 aromatic rings. The van der Waals surface area contributed by atoms with Crippen LogP contribution in [0.3, 0.4) is 0 Å². The van der Waals surface area contributed by atoms with Crippen LogP contribution in [0.1, 0.15) is 49.4 Å². The second-order valence-electron chi connectivity index (χ2n) is 7.91. The fourth-order valence-electron chi connectivity index (χ4n) is 4.06. The molecule has 2 aromatic carbocycles. The largest absolute Gasteiger partial charge is 0.483 e. The van der Waals surface area contributed by atoms with Crippen LogP contribution < -0.4 is 10.3 Å². The highest BCUT2D eigenvalue weighted by molar-refractivity contribution is 9.10. The molecule has 33 heavy (non-hydrogen) atoms. The van der Waals surface area contributed by atoms with E-state index < -0.39 is 4.92 Å². The van der Waals surface area contributed by atoms with Gasteiger partial charge in [-0.2, -0.15) is 9.78 Å². The van der Waals surface area contributed by atoms with Crippen molar-refractivity contribution in [3.05, 3.63) is 85.4 Å². The number of nitro groups is 1. The van der Waals surface area contributed by atoms with Crippen molar-refractivity contribution < 1.29 is 9.66 Å². The maximum atomic E-state index is 13.4. The zero-order valence-corrected chi connectivity index (χ0v) is 19.5. The van der Waals surface area contributed by atoms with Gasteiger partial charge in [0, 0.05) is 22.0 Å². The van der Waals surface area contributed by atoms with E-state index >= 15 is 0 Å². The summed E-state index contributed by atoms with van der Waals surface area (Å²) in [5.74, 6) is 0.918. The molecule has 0 amide bonds. The Labute approximate surface area is 198 Å². The number of hydrogen-bond donors (Lipinski definition) is 0. The Bertz CT molecular complexity index is 1300. The van der Waals surface area contributed by atoms with Crippen molar-refractivity contribution in [1.82, 2.24) is 9.66 Å². The van der Waals surface area contributed by atoms with Crippen molar-refractivity contribution in [2.24, 2.45) is 5.10 Å². The summed E-state index contributed by atoms with van der Waals surface area (Å²) < 4.78 is 7.49. The highest BCUT2D eigenvalue weighted by Gasteiger charge is 2.22. The highest BCUT2D eigenvalue weighted by Crippen LogP contribution is 2.32. The molecular weight excluding hydrogens is 488 g/mol. The standard InChI is InChI=1S/C24H23BrN4O4/c1-2-12-33-22-11-8-16(13-21(22)29(31)32)15-26-28-23(17-6-4-3-5-7-17)27-20-10-9-18(25)14-19(20)24(28)30/h2,8-11,13-15,17H,1,3-7,12H2. The van der Waals surface area contributed by atoms with E-state index in [0.717, 1.165) is 30.2 Å². The van der Waals surface area contributed by atoms with Crippen LogP contribution in [-0.4, -0.2) is 27.4 Å². The first kappa shape index (κ1) is 22.8. The summed E-state index contributed by atoms with van der Waals surface area (Å²) in [7, 11) is 0. The van der Waals surface area contributed by atoms with Crippen LogP contribution in [0.25, 0.3) is 10.9 Å². The number of hydrogen-bond acceptors (Lipinski definition) is 6. The Kier molecular flexibility index (Phi) is 6.98. The average molecular weight is 511 g/mol. The third kappa shape index (κ3) is 5.03. The minimum Gasteiger partial charge on any atom is -0.483 e. The van der Waals surface area contributed by atoms with E-state index in [4.69, 9.17) is 9.72 Å². The van der Waals surface area contributed by atoms with Crippen molar-refractivity contribution in [2.45, 2.75) is 38.0 Å². The summed E-state index contributed by atoms with van der Waals surface area (Å²) in [6, 6.07) is 9.97. The maximum Gasteiger partial charge on any atom is 0.311 e. The zero-order chi connectivity index (χ0) is 23.4. The van der Waals surface area contributed by atoms with Gasteiger partial charge in [0.25, 0.3) is 5.56 Å². The van der Waals surface area contributed by atoms with Gasteiger partial charge in [0.1, 0.15) is 12.4 Å². The molecule has 0 aliphatic heterocycles. The van der Waals surface area contributed by atoms with E-state index in [1.54, 1.807) is 12.1 Å². The van der Waals surface area contributed by atoms with Crippen LogP contribution in [0.15, 0.2) is 63.4 Å². The van der Waals surface area contributed by atoms with Gasteiger partial charge in [-0.3, -0.25) is 14.9 Å². The molecule has 170 valence electrons. The average Bonchev–Trinajstić information content (AvgIpc) is 2.83. The van der Waals surface area contributed by atoms with E-state index in [-0.39, 0.29) is 29.5 Å². The Hall–Kier alpha value is -3.33. The van der Waals surface area contributed by atoms with E-state index in [1.165, 1.54) is 35.5 Å². The first-order chi connectivity index (χ1) is 16.0. The topological polar surface area (TPSA) is 99.6 Å². The molecular formula is C24H23BrN4O4. The number of nitro benzene ring substituents is 1. The molecule has 1 fully saturated rings. The van der Waals surface area contributed by atoms with Crippen LogP contribution in [0, 0.1) is 10.1 Å². The van der Waals surface area contributed by atoms with Gasteiger partial charge in [0.15, 0.2) is 5.75 Å². The molecule has 1 aromatic heterocycles. The van der Waals surface area contributed by atoms with Crippen LogP contribution >= 0.6 is 15.9 Å². The van der Waals surface area contributed by atoms with Gasteiger partial charge in [-0.1, -0.05) is 47.8 Å². The number of benzene rings is 2. The van der Waals surface area contributed by atoms with E-state index in [0.29, 0.717) is 22.3 Å². The third-order valence-electron chi connectivity index (χ3n) is 5.66. The number of rotatable bonds is 7. The van der Waals surface area contributed by atoms with Gasteiger partial charge in [0.2, 0.25) is 0 Å². The Balaban J connectivity index is 1.79. The summed E-state index contributed by atoms with van der Waals surface area (Å²) >= 11 is 3.41. The SMILES string of the molecule is C=CCOc1ccc(C=Nn2c(C3CCCCC3)nc3ccc(Br)cc3c2=O)cc1[N+](=O)[O-]. The first-order valence-corrected chi connectivity index (χ1v) is 11.6. The van der Waals surface area contributed by atoms with Crippen molar-refractivity contribution in [2.75, 3.05) is 6.61 Å². The second kappa shape index (κ2) is 10.1. The Morgan fingerprint density at radius 2 is 2.03 bits per heavy atom. The van der Waals surface area contributed by atoms with E-state index in [9.17, 15) is 14.9 Å². The molecule has 9 heteroatoms. The number of fused-ring (bicyclic) bond motifs is 1. The molecule has 1 heterocycles. The van der Waals surface area contributed by atoms with Crippen molar-refractivity contribution >= 4 is 38.7 Å². The fraction of sp³-hybridized carbons (Fsp3) is 0.292. The molecule has 1 aliphatic rings. The summed E-state index contributed by atoms with van der Waals surface area (Å²) in [6.45, 7) is 3.71. The number of aromatic nitrogens is 2. The van der Waals surface area contributed by atoms with Gasteiger partial charge < -0.3 is 4.74 Å². The molecule has 0 atom stereocenters. The molecule has 4 rings (SSSR count). The minimum absolute atomic E-state index is 0.140.